The van der Waals surface area contributed by atoms with Crippen molar-refractivity contribution < 1.29 is 5.11 Å². The summed E-state index contributed by atoms with van der Waals surface area (Å²) in [6.07, 6.45) is 20.3. The number of piperidine rings is 3. The molecule has 5 aliphatic rings. The summed E-state index contributed by atoms with van der Waals surface area (Å²) in [5, 5.41) is 9.56. The van der Waals surface area contributed by atoms with E-state index in [-0.39, 0.29) is 0 Å². The smallest absolute Gasteiger partial charge is 0.113 e. The fraction of sp³-hybridized carbons (Fsp3) is 0.735. The second-order valence-electron chi connectivity index (χ2n) is 13.9. The Morgan fingerprint density at radius 3 is 2.18 bits per heavy atom. The maximum absolute atomic E-state index is 9.56. The number of imidazole rings is 1. The molecule has 1 N–H and O–H groups in total. The largest absolute Gasteiger partial charge is 0.513 e. The van der Waals surface area contributed by atoms with Crippen molar-refractivity contribution in [2.24, 2.45) is 11.8 Å². The standard InChI is InChI=1S/C34H50N4O/c1-24(39)13-16-36-17-14-27(15-18-36)34-35-32-11-4-5-12-33(32)38(34)31-22-28-9-6-10-29(23-31)37(28)30-20-25-7-2-3-8-26(19-25)21-30/h4-5,11-12,25-31,39H,1-3,6-10,13-23H2/t25-,26+,28-,29+,30-,31+. The van der Waals surface area contributed by atoms with E-state index in [0.717, 1.165) is 62.4 Å². The maximum Gasteiger partial charge on any atom is 0.113 e. The third-order valence-electron chi connectivity index (χ3n) is 11.4. The highest BCUT2D eigenvalue weighted by Crippen LogP contribution is 2.48. The Morgan fingerprint density at radius 1 is 0.795 bits per heavy atom. The minimum Gasteiger partial charge on any atom is -0.513 e. The summed E-state index contributed by atoms with van der Waals surface area (Å²) in [4.78, 5) is 10.9. The van der Waals surface area contributed by atoms with E-state index >= 15 is 0 Å². The third-order valence-corrected chi connectivity index (χ3v) is 11.4. The van der Waals surface area contributed by atoms with Gasteiger partial charge in [0.2, 0.25) is 0 Å². The third kappa shape index (κ3) is 5.30. The van der Waals surface area contributed by atoms with Crippen molar-refractivity contribution in [2.75, 3.05) is 19.6 Å². The number of para-hydroxylation sites is 2. The van der Waals surface area contributed by atoms with Crippen LogP contribution in [0.3, 0.4) is 0 Å². The van der Waals surface area contributed by atoms with E-state index in [4.69, 9.17) is 4.98 Å². The Morgan fingerprint density at radius 2 is 1.49 bits per heavy atom. The Hall–Kier alpha value is -1.85. The molecule has 0 radical (unpaired) electrons. The molecule has 0 amide bonds. The maximum atomic E-state index is 9.56. The molecule has 2 aliphatic carbocycles. The van der Waals surface area contributed by atoms with E-state index in [2.05, 4.69) is 45.2 Å². The summed E-state index contributed by atoms with van der Waals surface area (Å²) < 4.78 is 2.74. The first kappa shape index (κ1) is 26.1. The van der Waals surface area contributed by atoms with E-state index in [1.807, 2.05) is 0 Å². The molecule has 5 nitrogen and oxygen atoms in total. The van der Waals surface area contributed by atoms with Gasteiger partial charge in [0.05, 0.1) is 16.8 Å². The van der Waals surface area contributed by atoms with Gasteiger partial charge in [-0.2, -0.15) is 0 Å². The summed E-state index contributed by atoms with van der Waals surface area (Å²) in [7, 11) is 0. The molecule has 0 spiro atoms. The number of hydrogen-bond donors (Lipinski definition) is 1. The molecule has 1 aromatic carbocycles. The molecule has 2 saturated carbocycles. The van der Waals surface area contributed by atoms with Crippen LogP contribution < -0.4 is 0 Å². The molecule has 7 rings (SSSR count). The van der Waals surface area contributed by atoms with Crippen LogP contribution in [-0.2, 0) is 0 Å². The Kier molecular flexibility index (Phi) is 7.49. The zero-order valence-corrected chi connectivity index (χ0v) is 24.0. The summed E-state index contributed by atoms with van der Waals surface area (Å²) in [6, 6.07) is 11.9. The van der Waals surface area contributed by atoms with E-state index in [1.54, 1.807) is 0 Å². The Balaban J connectivity index is 1.12. The molecule has 3 aliphatic heterocycles. The predicted molar refractivity (Wildman–Crippen MR) is 159 cm³/mol. The second kappa shape index (κ2) is 11.2. The highest BCUT2D eigenvalue weighted by atomic mass is 16.3. The molecule has 39 heavy (non-hydrogen) atoms. The van der Waals surface area contributed by atoms with Crippen LogP contribution in [0.5, 0.6) is 0 Å². The number of nitrogens with zero attached hydrogens (tertiary/aromatic N) is 4. The zero-order valence-electron chi connectivity index (χ0n) is 24.0. The highest BCUT2D eigenvalue weighted by Gasteiger charge is 2.45. The summed E-state index contributed by atoms with van der Waals surface area (Å²) in [5.74, 6) is 4.20. The number of likely N-dealkylation sites (tertiary alicyclic amines) is 1. The molecule has 1 aromatic heterocycles. The van der Waals surface area contributed by atoms with Gasteiger partial charge < -0.3 is 14.6 Å². The van der Waals surface area contributed by atoms with Gasteiger partial charge in [0.25, 0.3) is 0 Å². The molecule has 4 heterocycles. The lowest BCUT2D eigenvalue weighted by Crippen LogP contribution is -2.58. The first-order valence-corrected chi connectivity index (χ1v) is 16.5. The van der Waals surface area contributed by atoms with E-state index in [1.165, 1.54) is 93.9 Å². The number of fused-ring (bicyclic) bond motifs is 5. The lowest BCUT2D eigenvalue weighted by molar-refractivity contribution is -0.0422. The molecule has 5 heteroatoms. The van der Waals surface area contributed by atoms with Crippen LogP contribution in [0.1, 0.15) is 114 Å². The molecule has 212 valence electrons. The fourth-order valence-electron chi connectivity index (χ4n) is 9.74. The van der Waals surface area contributed by atoms with Gasteiger partial charge in [-0.3, -0.25) is 4.90 Å². The Bertz CT molecular complexity index is 1120. The number of hydrogen-bond acceptors (Lipinski definition) is 4. The van der Waals surface area contributed by atoms with Crippen molar-refractivity contribution >= 4 is 11.0 Å². The van der Waals surface area contributed by atoms with Gasteiger partial charge in [0.15, 0.2) is 0 Å². The molecular formula is C34H50N4O. The SMILES string of the molecule is C=C(O)CCN1CCC(c2nc3ccccc3n2[C@H]2C[C@H]3CCC[C@@H](C2)N3[C@@H]2C[C@@H]3CCCC[C@@H](C3)C2)CC1. The number of benzene rings is 1. The number of aliphatic hydroxyl groups is 1. The average molecular weight is 531 g/mol. The van der Waals surface area contributed by atoms with E-state index in [9.17, 15) is 5.11 Å². The average Bonchev–Trinajstić information content (AvgIpc) is 3.24. The minimum absolute atomic E-state index is 0.308. The molecular weight excluding hydrogens is 480 g/mol. The Labute approximate surface area is 235 Å². The van der Waals surface area contributed by atoms with Gasteiger partial charge in [-0.1, -0.05) is 50.8 Å². The van der Waals surface area contributed by atoms with Crippen LogP contribution in [0.15, 0.2) is 36.6 Å². The van der Waals surface area contributed by atoms with Gasteiger partial charge in [0, 0.05) is 43.1 Å². The van der Waals surface area contributed by atoms with Gasteiger partial charge >= 0.3 is 0 Å². The molecule has 6 atom stereocenters. The van der Waals surface area contributed by atoms with Gasteiger partial charge in [0.1, 0.15) is 5.82 Å². The first-order valence-electron chi connectivity index (χ1n) is 16.5. The summed E-state index contributed by atoms with van der Waals surface area (Å²) in [5.41, 5.74) is 2.56. The zero-order chi connectivity index (χ0) is 26.3. The summed E-state index contributed by atoms with van der Waals surface area (Å²) >= 11 is 0. The normalized spacial score (nSPS) is 34.7. The van der Waals surface area contributed by atoms with Crippen LogP contribution in [0.2, 0.25) is 0 Å². The minimum atomic E-state index is 0.308. The molecule has 0 unspecified atom stereocenters. The van der Waals surface area contributed by atoms with Crippen LogP contribution >= 0.6 is 0 Å². The summed E-state index contributed by atoms with van der Waals surface area (Å²) in [6.45, 7) is 6.78. The number of aromatic nitrogens is 2. The molecule has 5 fully saturated rings. The van der Waals surface area contributed by atoms with E-state index < -0.39 is 0 Å². The number of rotatable bonds is 6. The lowest BCUT2D eigenvalue weighted by atomic mass is 9.73. The first-order chi connectivity index (χ1) is 19.1. The molecule has 3 saturated heterocycles. The van der Waals surface area contributed by atoms with Gasteiger partial charge in [-0.05, 0) is 94.8 Å². The van der Waals surface area contributed by atoms with E-state index in [0.29, 0.717) is 24.1 Å². The monoisotopic (exact) mass is 530 g/mol. The van der Waals surface area contributed by atoms with Gasteiger partial charge in [-0.15, -0.1) is 0 Å². The van der Waals surface area contributed by atoms with Crippen LogP contribution in [0, 0.1) is 11.8 Å². The van der Waals surface area contributed by atoms with Crippen LogP contribution in [0.4, 0.5) is 0 Å². The van der Waals surface area contributed by atoms with Crippen LogP contribution in [-0.4, -0.2) is 62.2 Å². The van der Waals surface area contributed by atoms with Crippen molar-refractivity contribution in [3.05, 3.63) is 42.4 Å². The molecule has 2 aromatic rings. The second-order valence-corrected chi connectivity index (χ2v) is 13.9. The van der Waals surface area contributed by atoms with Crippen molar-refractivity contribution in [2.45, 2.75) is 126 Å². The van der Waals surface area contributed by atoms with Crippen LogP contribution in [0.25, 0.3) is 11.0 Å². The molecule has 4 bridgehead atoms. The van der Waals surface area contributed by atoms with Gasteiger partial charge in [-0.25, -0.2) is 4.98 Å². The fourth-order valence-corrected chi connectivity index (χ4v) is 9.74. The topological polar surface area (TPSA) is 44.5 Å². The van der Waals surface area contributed by atoms with Crippen molar-refractivity contribution in [1.82, 2.24) is 19.4 Å². The predicted octanol–water partition coefficient (Wildman–Crippen LogP) is 7.59. The van der Waals surface area contributed by atoms with Crippen molar-refractivity contribution in [3.8, 4) is 0 Å². The lowest BCUT2D eigenvalue weighted by Gasteiger charge is -2.55. The van der Waals surface area contributed by atoms with Crippen molar-refractivity contribution in [3.63, 3.8) is 0 Å². The highest BCUT2D eigenvalue weighted by molar-refractivity contribution is 5.76. The van der Waals surface area contributed by atoms with Crippen molar-refractivity contribution in [1.29, 1.82) is 0 Å². The number of aliphatic hydroxyl groups excluding tert-OH is 1. The quantitative estimate of drug-likeness (QED) is 0.391.